The molecule has 0 aliphatic carbocycles. The monoisotopic (exact) mass is 565 g/mol. The Kier molecular flexibility index (Phi) is 12.0. The molecule has 7 nitrogen and oxygen atoms in total. The predicted octanol–water partition coefficient (Wildman–Crippen LogP) is 4.34. The van der Waals surface area contributed by atoms with Crippen LogP contribution in [0.15, 0.2) is 48.7 Å². The Morgan fingerprint density at radius 1 is 1.08 bits per heavy atom. The van der Waals surface area contributed by atoms with Gasteiger partial charge in [0.15, 0.2) is 0 Å². The molecule has 0 bridgehead atoms. The number of hydrogen-bond acceptors (Lipinski definition) is 5. The fraction of sp³-hybridized carbons (Fsp3) is 0.429. The van der Waals surface area contributed by atoms with Crippen LogP contribution in [0, 0.1) is 19.7 Å². The van der Waals surface area contributed by atoms with E-state index in [-0.39, 0.29) is 48.8 Å². The van der Waals surface area contributed by atoms with Gasteiger partial charge in [-0.05, 0) is 61.7 Å². The molecule has 1 saturated heterocycles. The van der Waals surface area contributed by atoms with Crippen LogP contribution in [0.5, 0.6) is 0 Å². The van der Waals surface area contributed by atoms with E-state index in [0.717, 1.165) is 44.1 Å². The molecule has 1 amide bonds. The summed E-state index contributed by atoms with van der Waals surface area (Å²) in [5.41, 5.74) is 4.94. The fourth-order valence-electron chi connectivity index (χ4n) is 4.67. The van der Waals surface area contributed by atoms with Crippen molar-refractivity contribution in [2.75, 3.05) is 44.2 Å². The van der Waals surface area contributed by atoms with Crippen molar-refractivity contribution in [3.8, 4) is 5.69 Å². The normalized spacial score (nSPS) is 14.4. The number of piperazine rings is 1. The summed E-state index contributed by atoms with van der Waals surface area (Å²) < 4.78 is 15.2. The van der Waals surface area contributed by atoms with Crippen LogP contribution in [0.4, 0.5) is 10.1 Å². The highest BCUT2D eigenvalue weighted by Gasteiger charge is 2.22. The molecule has 208 valence electrons. The first-order chi connectivity index (χ1) is 17.4. The number of halogens is 3. The zero-order valence-electron chi connectivity index (χ0n) is 22.2. The first kappa shape index (κ1) is 31.6. The van der Waals surface area contributed by atoms with Gasteiger partial charge in [0.2, 0.25) is 0 Å². The van der Waals surface area contributed by atoms with Gasteiger partial charge in [-0.15, -0.1) is 24.8 Å². The minimum atomic E-state index is -0.671. The molecule has 0 saturated carbocycles. The first-order valence-corrected chi connectivity index (χ1v) is 12.7. The first-order valence-electron chi connectivity index (χ1n) is 12.7. The van der Waals surface area contributed by atoms with Crippen LogP contribution in [0.2, 0.25) is 0 Å². The quantitative estimate of drug-likeness (QED) is 0.404. The second-order valence-electron chi connectivity index (χ2n) is 9.51. The summed E-state index contributed by atoms with van der Waals surface area (Å²) >= 11 is 0. The molecule has 2 heterocycles. The van der Waals surface area contributed by atoms with Gasteiger partial charge >= 0.3 is 0 Å². The number of imidazole rings is 1. The summed E-state index contributed by atoms with van der Waals surface area (Å²) in [5.74, 6) is 0.109. The highest BCUT2D eigenvalue weighted by Crippen LogP contribution is 2.24. The Morgan fingerprint density at radius 2 is 1.76 bits per heavy atom. The van der Waals surface area contributed by atoms with Crippen LogP contribution in [0.25, 0.3) is 5.69 Å². The molecule has 1 atom stereocenters. The molecule has 38 heavy (non-hydrogen) atoms. The van der Waals surface area contributed by atoms with E-state index in [1.54, 1.807) is 18.3 Å². The smallest absolute Gasteiger partial charge is 0.271 e. The fourth-order valence-corrected chi connectivity index (χ4v) is 4.67. The van der Waals surface area contributed by atoms with Crippen LogP contribution < -0.4 is 10.2 Å². The van der Waals surface area contributed by atoms with E-state index in [4.69, 9.17) is 0 Å². The Hall–Kier alpha value is -2.65. The predicted molar refractivity (Wildman–Crippen MR) is 155 cm³/mol. The molecular weight excluding hydrogens is 528 g/mol. The SMILES string of the molecule is CCCc1nc(C(=O)NCC(O)CN2CCN(c3cccc(C)c3C)CC2)cn1-c1ccc(F)cc1.Cl.Cl. The number of anilines is 1. The molecular formula is C28H38Cl2FN5O2. The number of aliphatic hydroxyl groups excluding tert-OH is 1. The molecule has 2 N–H and O–H groups in total. The van der Waals surface area contributed by atoms with Crippen LogP contribution in [-0.4, -0.2) is 70.8 Å². The zero-order valence-corrected chi connectivity index (χ0v) is 23.8. The number of benzene rings is 2. The van der Waals surface area contributed by atoms with Crippen molar-refractivity contribution in [3.63, 3.8) is 0 Å². The Bertz CT molecular complexity index is 1180. The largest absolute Gasteiger partial charge is 0.390 e. The molecule has 1 aliphatic rings. The number of carbonyl (C=O) groups is 1. The molecule has 3 aromatic rings. The summed E-state index contributed by atoms with van der Waals surface area (Å²) in [6, 6.07) is 12.5. The van der Waals surface area contributed by atoms with Crippen molar-refractivity contribution in [1.82, 2.24) is 19.8 Å². The third-order valence-electron chi connectivity index (χ3n) is 6.85. The average molecular weight is 567 g/mol. The Morgan fingerprint density at radius 3 is 2.42 bits per heavy atom. The number of carbonyl (C=O) groups excluding carboxylic acids is 1. The van der Waals surface area contributed by atoms with Gasteiger partial charge in [0.25, 0.3) is 5.91 Å². The molecule has 2 aromatic carbocycles. The molecule has 4 rings (SSSR count). The van der Waals surface area contributed by atoms with Crippen molar-refractivity contribution >= 4 is 36.4 Å². The minimum absolute atomic E-state index is 0. The molecule has 0 spiro atoms. The second-order valence-corrected chi connectivity index (χ2v) is 9.51. The van der Waals surface area contributed by atoms with E-state index in [0.29, 0.717) is 13.0 Å². The molecule has 1 aromatic heterocycles. The van der Waals surface area contributed by atoms with Gasteiger partial charge in [-0.2, -0.15) is 0 Å². The maximum atomic E-state index is 13.3. The summed E-state index contributed by atoms with van der Waals surface area (Å²) in [7, 11) is 0. The number of aliphatic hydroxyl groups is 1. The molecule has 0 radical (unpaired) electrons. The minimum Gasteiger partial charge on any atom is -0.390 e. The van der Waals surface area contributed by atoms with Gasteiger partial charge in [0.05, 0.1) is 6.10 Å². The highest BCUT2D eigenvalue weighted by molar-refractivity contribution is 5.92. The van der Waals surface area contributed by atoms with Gasteiger partial charge in [-0.1, -0.05) is 19.1 Å². The Balaban J connectivity index is 0.00000253. The lowest BCUT2D eigenvalue weighted by atomic mass is 10.1. The molecule has 1 fully saturated rings. The van der Waals surface area contributed by atoms with Crippen molar-refractivity contribution in [2.45, 2.75) is 39.7 Å². The van der Waals surface area contributed by atoms with Gasteiger partial charge in [-0.25, -0.2) is 9.37 Å². The number of amides is 1. The summed E-state index contributed by atoms with van der Waals surface area (Å²) in [6.07, 6.45) is 2.57. The van der Waals surface area contributed by atoms with Crippen molar-refractivity contribution in [2.24, 2.45) is 0 Å². The molecule has 10 heteroatoms. The molecule has 1 unspecified atom stereocenters. The average Bonchev–Trinajstić information content (AvgIpc) is 3.29. The van der Waals surface area contributed by atoms with Gasteiger partial charge in [-0.3, -0.25) is 9.69 Å². The zero-order chi connectivity index (χ0) is 25.7. The van der Waals surface area contributed by atoms with Crippen molar-refractivity contribution < 1.29 is 14.3 Å². The van der Waals surface area contributed by atoms with Crippen LogP contribution >= 0.6 is 24.8 Å². The third-order valence-corrected chi connectivity index (χ3v) is 6.85. The Labute approximate surface area is 236 Å². The second kappa shape index (κ2) is 14.5. The van der Waals surface area contributed by atoms with E-state index in [1.165, 1.54) is 28.9 Å². The number of aromatic nitrogens is 2. The maximum absolute atomic E-state index is 13.3. The molecule has 1 aliphatic heterocycles. The van der Waals surface area contributed by atoms with Gasteiger partial charge in [0.1, 0.15) is 17.3 Å². The van der Waals surface area contributed by atoms with Crippen molar-refractivity contribution in [1.29, 1.82) is 0 Å². The number of β-amino-alcohol motifs (C(OH)–C–C–N with tert-alkyl or cyclic N) is 1. The van der Waals surface area contributed by atoms with Crippen molar-refractivity contribution in [3.05, 3.63) is 77.1 Å². The van der Waals surface area contributed by atoms with Crippen LogP contribution in [0.3, 0.4) is 0 Å². The van der Waals surface area contributed by atoms with Gasteiger partial charge in [0, 0.05) is 63.3 Å². The van der Waals surface area contributed by atoms with E-state index in [2.05, 4.69) is 52.1 Å². The third kappa shape index (κ3) is 7.69. The van der Waals surface area contributed by atoms with Crippen LogP contribution in [0.1, 0.15) is 40.8 Å². The number of nitrogens with zero attached hydrogens (tertiary/aromatic N) is 4. The van der Waals surface area contributed by atoms with E-state index < -0.39 is 6.10 Å². The topological polar surface area (TPSA) is 73.6 Å². The highest BCUT2D eigenvalue weighted by atomic mass is 35.5. The maximum Gasteiger partial charge on any atom is 0.271 e. The summed E-state index contributed by atoms with van der Waals surface area (Å²) in [4.78, 5) is 21.9. The lowest BCUT2D eigenvalue weighted by molar-refractivity contribution is 0.0848. The summed E-state index contributed by atoms with van der Waals surface area (Å²) in [5, 5.41) is 13.4. The van der Waals surface area contributed by atoms with Gasteiger partial charge < -0.3 is 19.9 Å². The standard InChI is InChI=1S/C28H36FN5O2.2ClH/c1-4-6-27-31-25(19-34(27)23-11-9-22(29)10-12-23)28(36)30-17-24(35)18-32-13-15-33(16-14-32)26-8-5-7-20(2)21(26)3;;/h5,7-12,19,24,35H,4,6,13-18H2,1-3H3,(H,30,36);2*1H. The lowest BCUT2D eigenvalue weighted by Gasteiger charge is -2.37. The number of nitrogens with one attached hydrogen (secondary N) is 1. The van der Waals surface area contributed by atoms with E-state index in [1.807, 2.05) is 11.5 Å². The lowest BCUT2D eigenvalue weighted by Crippen LogP contribution is -2.50. The number of hydrogen-bond donors (Lipinski definition) is 2. The number of aryl methyl sites for hydroxylation is 2. The van der Waals surface area contributed by atoms with E-state index in [9.17, 15) is 14.3 Å². The van der Waals surface area contributed by atoms with E-state index >= 15 is 0 Å². The number of rotatable bonds is 9. The summed E-state index contributed by atoms with van der Waals surface area (Å²) in [6.45, 7) is 10.5. The van der Waals surface area contributed by atoms with Crippen LogP contribution in [-0.2, 0) is 6.42 Å².